The monoisotopic (exact) mass is 254 g/mol. The van der Waals surface area contributed by atoms with Crippen LogP contribution in [-0.4, -0.2) is 41.8 Å². The second-order valence-corrected chi connectivity index (χ2v) is 6.43. The number of hydrogen-bond donors (Lipinski definition) is 2. The molecule has 0 amide bonds. The van der Waals surface area contributed by atoms with Gasteiger partial charge in [0.25, 0.3) is 0 Å². The summed E-state index contributed by atoms with van der Waals surface area (Å²) >= 11 is 0. The SMILES string of the molecule is CCC1CCC(CN)C(N2CCC(C(C)O)C2)C1. The zero-order valence-electron chi connectivity index (χ0n) is 12.0. The lowest BCUT2D eigenvalue weighted by molar-refractivity contribution is 0.0812. The van der Waals surface area contributed by atoms with Crippen LogP contribution in [0.4, 0.5) is 0 Å². The van der Waals surface area contributed by atoms with E-state index in [-0.39, 0.29) is 6.10 Å². The highest BCUT2D eigenvalue weighted by atomic mass is 16.3. The minimum atomic E-state index is -0.156. The summed E-state index contributed by atoms with van der Waals surface area (Å²) in [5, 5.41) is 9.74. The molecule has 1 saturated heterocycles. The molecular formula is C15H30N2O. The number of nitrogens with two attached hydrogens (primary N) is 1. The van der Waals surface area contributed by atoms with Gasteiger partial charge in [-0.3, -0.25) is 4.90 Å². The molecule has 106 valence electrons. The third kappa shape index (κ3) is 3.06. The number of aliphatic hydroxyl groups is 1. The van der Waals surface area contributed by atoms with Crippen molar-refractivity contribution in [3.05, 3.63) is 0 Å². The summed E-state index contributed by atoms with van der Waals surface area (Å²) in [5.41, 5.74) is 5.97. The average Bonchev–Trinajstić information content (AvgIpc) is 2.87. The molecule has 2 aliphatic rings. The Balaban J connectivity index is 1.96. The fraction of sp³-hybridized carbons (Fsp3) is 1.00. The average molecular weight is 254 g/mol. The minimum absolute atomic E-state index is 0.156. The molecule has 0 aromatic heterocycles. The van der Waals surface area contributed by atoms with Crippen LogP contribution in [0.5, 0.6) is 0 Å². The number of rotatable bonds is 4. The number of nitrogens with zero attached hydrogens (tertiary/aromatic N) is 1. The molecule has 18 heavy (non-hydrogen) atoms. The lowest BCUT2D eigenvalue weighted by atomic mass is 9.76. The van der Waals surface area contributed by atoms with Crippen molar-refractivity contribution in [2.24, 2.45) is 23.5 Å². The van der Waals surface area contributed by atoms with E-state index in [9.17, 15) is 5.11 Å². The van der Waals surface area contributed by atoms with Gasteiger partial charge in [-0.15, -0.1) is 0 Å². The summed E-state index contributed by atoms with van der Waals surface area (Å²) in [6.07, 6.45) is 6.30. The van der Waals surface area contributed by atoms with Crippen molar-refractivity contribution in [3.8, 4) is 0 Å². The van der Waals surface area contributed by atoms with Crippen LogP contribution in [0, 0.1) is 17.8 Å². The first kappa shape index (κ1) is 14.3. The Bertz CT molecular complexity index is 257. The van der Waals surface area contributed by atoms with E-state index in [4.69, 9.17) is 5.73 Å². The summed E-state index contributed by atoms with van der Waals surface area (Å²) in [6.45, 7) is 7.32. The van der Waals surface area contributed by atoms with E-state index in [2.05, 4.69) is 11.8 Å². The third-order valence-electron chi connectivity index (χ3n) is 5.35. The first-order chi connectivity index (χ1) is 8.65. The number of hydrogen-bond acceptors (Lipinski definition) is 3. The molecule has 3 heteroatoms. The molecule has 0 aromatic carbocycles. The predicted molar refractivity (Wildman–Crippen MR) is 75.3 cm³/mol. The van der Waals surface area contributed by atoms with Gasteiger partial charge >= 0.3 is 0 Å². The zero-order chi connectivity index (χ0) is 13.1. The third-order valence-corrected chi connectivity index (χ3v) is 5.35. The molecule has 0 aromatic rings. The maximum Gasteiger partial charge on any atom is 0.0552 e. The Morgan fingerprint density at radius 3 is 2.67 bits per heavy atom. The van der Waals surface area contributed by atoms with Gasteiger partial charge in [-0.1, -0.05) is 19.8 Å². The van der Waals surface area contributed by atoms with E-state index in [1.54, 1.807) is 0 Å². The van der Waals surface area contributed by atoms with Crippen molar-refractivity contribution in [3.63, 3.8) is 0 Å². The second kappa shape index (κ2) is 6.36. The first-order valence-electron chi connectivity index (χ1n) is 7.77. The van der Waals surface area contributed by atoms with Crippen molar-refractivity contribution in [2.45, 2.75) is 58.1 Å². The zero-order valence-corrected chi connectivity index (χ0v) is 12.0. The second-order valence-electron chi connectivity index (χ2n) is 6.43. The molecule has 1 heterocycles. The predicted octanol–water partition coefficient (Wildman–Crippen LogP) is 1.84. The van der Waals surface area contributed by atoms with Gasteiger partial charge in [-0.2, -0.15) is 0 Å². The summed E-state index contributed by atoms with van der Waals surface area (Å²) in [4.78, 5) is 2.62. The molecule has 0 bridgehead atoms. The molecular weight excluding hydrogens is 224 g/mol. The highest BCUT2D eigenvalue weighted by Gasteiger charge is 2.37. The van der Waals surface area contributed by atoms with Gasteiger partial charge in [0, 0.05) is 12.6 Å². The molecule has 0 spiro atoms. The maximum absolute atomic E-state index is 9.74. The van der Waals surface area contributed by atoms with Crippen molar-refractivity contribution in [2.75, 3.05) is 19.6 Å². The number of likely N-dealkylation sites (tertiary alicyclic amines) is 1. The molecule has 1 aliphatic heterocycles. The van der Waals surface area contributed by atoms with E-state index in [0.29, 0.717) is 17.9 Å². The van der Waals surface area contributed by atoms with Gasteiger partial charge in [0.05, 0.1) is 6.10 Å². The topological polar surface area (TPSA) is 49.5 Å². The van der Waals surface area contributed by atoms with Crippen LogP contribution in [-0.2, 0) is 0 Å². The first-order valence-corrected chi connectivity index (χ1v) is 7.77. The molecule has 0 radical (unpaired) electrons. The van der Waals surface area contributed by atoms with Gasteiger partial charge in [0.15, 0.2) is 0 Å². The molecule has 5 atom stereocenters. The lowest BCUT2D eigenvalue weighted by Crippen LogP contribution is -2.46. The van der Waals surface area contributed by atoms with Crippen LogP contribution >= 0.6 is 0 Å². The number of aliphatic hydroxyl groups excluding tert-OH is 1. The quantitative estimate of drug-likeness (QED) is 0.805. The molecule has 1 saturated carbocycles. The van der Waals surface area contributed by atoms with E-state index >= 15 is 0 Å². The van der Waals surface area contributed by atoms with Crippen molar-refractivity contribution in [1.82, 2.24) is 4.90 Å². The Kier molecular flexibility index (Phi) is 5.05. The highest BCUT2D eigenvalue weighted by molar-refractivity contribution is 4.91. The summed E-state index contributed by atoms with van der Waals surface area (Å²) in [5.74, 6) is 2.05. The minimum Gasteiger partial charge on any atom is -0.393 e. The van der Waals surface area contributed by atoms with E-state index < -0.39 is 0 Å². The Labute approximate surface area is 112 Å². The molecule has 1 aliphatic carbocycles. The van der Waals surface area contributed by atoms with Gasteiger partial charge < -0.3 is 10.8 Å². The van der Waals surface area contributed by atoms with Gasteiger partial charge in [0.2, 0.25) is 0 Å². The van der Waals surface area contributed by atoms with Crippen LogP contribution in [0.3, 0.4) is 0 Å². The van der Waals surface area contributed by atoms with Crippen molar-refractivity contribution >= 4 is 0 Å². The van der Waals surface area contributed by atoms with Crippen LogP contribution in [0.1, 0.15) is 46.0 Å². The van der Waals surface area contributed by atoms with Gasteiger partial charge in [-0.05, 0) is 57.0 Å². The van der Waals surface area contributed by atoms with Crippen LogP contribution < -0.4 is 5.73 Å². The van der Waals surface area contributed by atoms with E-state index in [1.807, 2.05) is 6.92 Å². The van der Waals surface area contributed by atoms with Crippen LogP contribution in [0.2, 0.25) is 0 Å². The van der Waals surface area contributed by atoms with Crippen molar-refractivity contribution < 1.29 is 5.11 Å². The summed E-state index contributed by atoms with van der Waals surface area (Å²) < 4.78 is 0. The smallest absolute Gasteiger partial charge is 0.0552 e. The lowest BCUT2D eigenvalue weighted by Gasteiger charge is -2.41. The Morgan fingerprint density at radius 2 is 2.11 bits per heavy atom. The molecule has 3 N–H and O–H groups in total. The van der Waals surface area contributed by atoms with E-state index in [0.717, 1.165) is 32.0 Å². The normalized spacial score (nSPS) is 40.0. The highest BCUT2D eigenvalue weighted by Crippen LogP contribution is 2.36. The molecule has 2 rings (SSSR count). The Morgan fingerprint density at radius 1 is 1.33 bits per heavy atom. The standard InChI is InChI=1S/C15H30N2O/c1-3-12-4-5-13(9-16)15(8-12)17-7-6-14(10-17)11(2)18/h11-15,18H,3-10,16H2,1-2H3. The molecule has 3 nitrogen and oxygen atoms in total. The van der Waals surface area contributed by atoms with Gasteiger partial charge in [0.1, 0.15) is 0 Å². The van der Waals surface area contributed by atoms with Crippen molar-refractivity contribution in [1.29, 1.82) is 0 Å². The fourth-order valence-electron chi connectivity index (χ4n) is 3.90. The van der Waals surface area contributed by atoms with Crippen LogP contribution in [0.25, 0.3) is 0 Å². The summed E-state index contributed by atoms with van der Waals surface area (Å²) in [6, 6.07) is 0.678. The summed E-state index contributed by atoms with van der Waals surface area (Å²) in [7, 11) is 0. The molecule has 5 unspecified atom stereocenters. The van der Waals surface area contributed by atoms with Crippen LogP contribution in [0.15, 0.2) is 0 Å². The van der Waals surface area contributed by atoms with Gasteiger partial charge in [-0.25, -0.2) is 0 Å². The fourth-order valence-corrected chi connectivity index (χ4v) is 3.90. The maximum atomic E-state index is 9.74. The molecule has 2 fully saturated rings. The Hall–Kier alpha value is -0.120. The largest absolute Gasteiger partial charge is 0.393 e. The van der Waals surface area contributed by atoms with E-state index in [1.165, 1.54) is 25.7 Å².